The first-order valence-electron chi connectivity index (χ1n) is 9.77. The average molecular weight is 425 g/mol. The van der Waals surface area contributed by atoms with Crippen LogP contribution in [0.2, 0.25) is 5.02 Å². The Hall–Kier alpha value is -3.19. The monoisotopic (exact) mass is 424 g/mol. The molecule has 2 aromatic carbocycles. The predicted molar refractivity (Wildman–Crippen MR) is 113 cm³/mol. The van der Waals surface area contributed by atoms with E-state index in [0.29, 0.717) is 46.9 Å². The molecule has 1 aliphatic rings. The Morgan fingerprint density at radius 1 is 1.20 bits per heavy atom. The molecule has 0 spiro atoms. The van der Waals surface area contributed by atoms with Crippen molar-refractivity contribution in [2.24, 2.45) is 11.8 Å². The zero-order chi connectivity index (χ0) is 21.1. The second kappa shape index (κ2) is 8.67. The number of nitrogens with one attached hydrogen (secondary N) is 2. The fraction of sp³-hybridized carbons (Fsp3) is 0.273. The van der Waals surface area contributed by atoms with Crippen molar-refractivity contribution in [2.45, 2.75) is 19.8 Å². The van der Waals surface area contributed by atoms with Gasteiger partial charge in [-0.2, -0.15) is 4.98 Å². The van der Waals surface area contributed by atoms with Crippen molar-refractivity contribution in [1.82, 2.24) is 15.5 Å². The zero-order valence-corrected chi connectivity index (χ0v) is 17.1. The molecule has 4 rings (SSSR count). The van der Waals surface area contributed by atoms with Crippen molar-refractivity contribution < 1.29 is 14.1 Å². The lowest BCUT2D eigenvalue weighted by atomic mass is 10.1. The number of hydrogen-bond donors (Lipinski definition) is 2. The molecule has 154 valence electrons. The number of carbonyl (C=O) groups is 2. The van der Waals surface area contributed by atoms with Crippen molar-refractivity contribution in [3.63, 3.8) is 0 Å². The molecule has 2 amide bonds. The van der Waals surface area contributed by atoms with Gasteiger partial charge in [-0.25, -0.2) is 0 Å². The molecule has 2 N–H and O–H groups in total. The molecule has 8 heteroatoms. The molecule has 1 saturated carbocycles. The number of benzene rings is 2. The zero-order valence-electron chi connectivity index (χ0n) is 16.4. The highest BCUT2D eigenvalue weighted by Gasteiger charge is 2.39. The van der Waals surface area contributed by atoms with Gasteiger partial charge in [-0.05, 0) is 54.8 Å². The van der Waals surface area contributed by atoms with Gasteiger partial charge < -0.3 is 15.2 Å². The van der Waals surface area contributed by atoms with Gasteiger partial charge in [0.25, 0.3) is 5.91 Å². The van der Waals surface area contributed by atoms with E-state index >= 15 is 0 Å². The number of aromatic nitrogens is 2. The van der Waals surface area contributed by atoms with Gasteiger partial charge in [-0.15, -0.1) is 0 Å². The van der Waals surface area contributed by atoms with E-state index in [4.69, 9.17) is 16.1 Å². The quantitative estimate of drug-likeness (QED) is 0.598. The maximum absolute atomic E-state index is 12.4. The standard InChI is InChI=1S/C22H21ClN4O3/c1-13-11-18(13)22(29)25-17-4-2-3-15(12-17)21(28)24-10-9-19-26-20(27-30-19)14-5-7-16(23)8-6-14/h2-8,12-13,18H,9-11H2,1H3,(H,24,28)(H,25,29). The van der Waals surface area contributed by atoms with Crippen LogP contribution in [-0.4, -0.2) is 28.5 Å². The first-order valence-corrected chi connectivity index (χ1v) is 10.1. The molecule has 2 atom stereocenters. The molecule has 0 bridgehead atoms. The molecule has 7 nitrogen and oxygen atoms in total. The minimum Gasteiger partial charge on any atom is -0.352 e. The molecule has 3 aromatic rings. The van der Waals surface area contributed by atoms with Gasteiger partial charge in [-0.1, -0.05) is 29.7 Å². The average Bonchev–Trinajstić information content (AvgIpc) is 3.29. The van der Waals surface area contributed by atoms with E-state index in [-0.39, 0.29) is 17.7 Å². The maximum atomic E-state index is 12.4. The van der Waals surface area contributed by atoms with Gasteiger partial charge in [0, 0.05) is 40.7 Å². The summed E-state index contributed by atoms with van der Waals surface area (Å²) in [6.07, 6.45) is 1.32. The van der Waals surface area contributed by atoms with Gasteiger partial charge in [0.15, 0.2) is 0 Å². The molecule has 1 fully saturated rings. The molecule has 0 radical (unpaired) electrons. The fourth-order valence-corrected chi connectivity index (χ4v) is 3.24. The number of anilines is 1. The van der Waals surface area contributed by atoms with Crippen LogP contribution in [0, 0.1) is 11.8 Å². The summed E-state index contributed by atoms with van der Waals surface area (Å²) in [5.74, 6) is 1.19. The SMILES string of the molecule is CC1CC1C(=O)Nc1cccc(C(=O)NCCc2nc(-c3ccc(Cl)cc3)no2)c1. The van der Waals surface area contributed by atoms with Crippen LogP contribution in [0.15, 0.2) is 53.1 Å². The minimum atomic E-state index is -0.233. The van der Waals surface area contributed by atoms with Crippen LogP contribution in [0.4, 0.5) is 5.69 Å². The molecule has 1 aromatic heterocycles. The molecule has 30 heavy (non-hydrogen) atoms. The van der Waals surface area contributed by atoms with E-state index in [1.54, 1.807) is 36.4 Å². The third-order valence-corrected chi connectivity index (χ3v) is 5.29. The Kier molecular flexibility index (Phi) is 5.81. The number of carbonyl (C=O) groups excluding carboxylic acids is 2. The van der Waals surface area contributed by atoms with Gasteiger partial charge >= 0.3 is 0 Å². The van der Waals surface area contributed by atoms with Gasteiger partial charge in [0.05, 0.1) is 0 Å². The van der Waals surface area contributed by atoms with Gasteiger partial charge in [0.1, 0.15) is 0 Å². The highest BCUT2D eigenvalue weighted by atomic mass is 35.5. The highest BCUT2D eigenvalue weighted by molar-refractivity contribution is 6.30. The summed E-state index contributed by atoms with van der Waals surface area (Å²) in [4.78, 5) is 28.8. The predicted octanol–water partition coefficient (Wildman–Crippen LogP) is 3.96. The van der Waals surface area contributed by atoms with E-state index < -0.39 is 0 Å². The Morgan fingerprint density at radius 3 is 2.70 bits per heavy atom. The van der Waals surface area contributed by atoms with E-state index in [1.807, 2.05) is 12.1 Å². The summed E-state index contributed by atoms with van der Waals surface area (Å²) in [5, 5.41) is 10.3. The normalized spacial score (nSPS) is 17.4. The smallest absolute Gasteiger partial charge is 0.251 e. The van der Waals surface area contributed by atoms with Crippen LogP contribution in [0.25, 0.3) is 11.4 Å². The molecule has 1 heterocycles. The summed E-state index contributed by atoms with van der Waals surface area (Å²) in [7, 11) is 0. The summed E-state index contributed by atoms with van der Waals surface area (Å²) in [6.45, 7) is 2.40. The Morgan fingerprint density at radius 2 is 1.97 bits per heavy atom. The second-order valence-corrected chi connectivity index (χ2v) is 7.85. The summed E-state index contributed by atoms with van der Waals surface area (Å²) in [5.41, 5.74) is 1.90. The van der Waals surface area contributed by atoms with Crippen molar-refractivity contribution >= 4 is 29.1 Å². The first kappa shape index (κ1) is 20.1. The Labute approximate surface area is 178 Å². The Balaban J connectivity index is 1.29. The maximum Gasteiger partial charge on any atom is 0.251 e. The lowest BCUT2D eigenvalue weighted by molar-refractivity contribution is -0.117. The molecular weight excluding hydrogens is 404 g/mol. The van der Waals surface area contributed by atoms with Crippen LogP contribution in [0.5, 0.6) is 0 Å². The lowest BCUT2D eigenvalue weighted by Crippen LogP contribution is -2.26. The van der Waals surface area contributed by atoms with Crippen LogP contribution < -0.4 is 10.6 Å². The third kappa shape index (κ3) is 4.86. The lowest BCUT2D eigenvalue weighted by Gasteiger charge is -2.08. The summed E-state index contributed by atoms with van der Waals surface area (Å²) < 4.78 is 5.24. The number of halogens is 1. The van der Waals surface area contributed by atoms with E-state index in [1.165, 1.54) is 0 Å². The summed E-state index contributed by atoms with van der Waals surface area (Å²) >= 11 is 5.88. The van der Waals surface area contributed by atoms with Gasteiger partial charge in [-0.3, -0.25) is 9.59 Å². The van der Waals surface area contributed by atoms with Crippen LogP contribution in [0.1, 0.15) is 29.6 Å². The molecule has 1 aliphatic carbocycles. The minimum absolute atomic E-state index is 0.00736. The summed E-state index contributed by atoms with van der Waals surface area (Å²) in [6, 6.07) is 14.0. The largest absolute Gasteiger partial charge is 0.352 e. The molecular formula is C22H21ClN4O3. The molecule has 0 saturated heterocycles. The topological polar surface area (TPSA) is 97.1 Å². The number of rotatable bonds is 7. The first-order chi connectivity index (χ1) is 14.5. The molecule has 0 aliphatic heterocycles. The Bertz CT molecular complexity index is 1060. The van der Waals surface area contributed by atoms with E-state index in [2.05, 4.69) is 27.7 Å². The number of nitrogens with zero attached hydrogens (tertiary/aromatic N) is 2. The molecule has 2 unspecified atom stereocenters. The third-order valence-electron chi connectivity index (χ3n) is 5.03. The van der Waals surface area contributed by atoms with Crippen LogP contribution in [0.3, 0.4) is 0 Å². The van der Waals surface area contributed by atoms with Crippen LogP contribution in [-0.2, 0) is 11.2 Å². The van der Waals surface area contributed by atoms with Crippen molar-refractivity contribution in [2.75, 3.05) is 11.9 Å². The van der Waals surface area contributed by atoms with Crippen LogP contribution >= 0.6 is 11.6 Å². The van der Waals surface area contributed by atoms with Crippen molar-refractivity contribution in [1.29, 1.82) is 0 Å². The number of amides is 2. The fourth-order valence-electron chi connectivity index (χ4n) is 3.12. The van der Waals surface area contributed by atoms with E-state index in [0.717, 1.165) is 12.0 Å². The van der Waals surface area contributed by atoms with E-state index in [9.17, 15) is 9.59 Å². The van der Waals surface area contributed by atoms with Crippen molar-refractivity contribution in [3.05, 3.63) is 65.0 Å². The highest BCUT2D eigenvalue weighted by Crippen LogP contribution is 2.38. The second-order valence-electron chi connectivity index (χ2n) is 7.41. The van der Waals surface area contributed by atoms with Gasteiger partial charge in [0.2, 0.25) is 17.6 Å². The van der Waals surface area contributed by atoms with Crippen molar-refractivity contribution in [3.8, 4) is 11.4 Å². The number of hydrogen-bond acceptors (Lipinski definition) is 5.